The molecule has 7 nitrogen and oxygen atoms in total. The van der Waals surface area contributed by atoms with Crippen LogP contribution in [0.1, 0.15) is 26.7 Å². The molecule has 0 saturated heterocycles. The quantitative estimate of drug-likeness (QED) is 0.696. The number of carbonyl (C=O) groups is 2. The number of hydrogen-bond acceptors (Lipinski definition) is 4. The number of aromatic nitrogens is 2. The average Bonchev–Trinajstić information content (AvgIpc) is 2.64. The van der Waals surface area contributed by atoms with Crippen molar-refractivity contribution >= 4 is 29.9 Å². The van der Waals surface area contributed by atoms with E-state index >= 15 is 0 Å². The van der Waals surface area contributed by atoms with E-state index in [1.54, 1.807) is 6.92 Å². The Bertz CT molecular complexity index is 444. The molecule has 0 spiro atoms. The molecular formula is C11H20ClN5O2. The number of halogens is 1. The van der Waals surface area contributed by atoms with Gasteiger partial charge in [0, 0.05) is 6.20 Å². The lowest BCUT2D eigenvalue weighted by molar-refractivity contribution is -0.121. The van der Waals surface area contributed by atoms with Gasteiger partial charge in [0.2, 0.25) is 11.8 Å². The molecule has 1 rings (SSSR count). The molecule has 5 N–H and O–H groups in total. The number of nitrogens with two attached hydrogens (primary N) is 2. The highest BCUT2D eigenvalue weighted by Gasteiger charge is 2.27. The van der Waals surface area contributed by atoms with Crippen LogP contribution in [-0.2, 0) is 16.1 Å². The van der Waals surface area contributed by atoms with E-state index < -0.39 is 11.4 Å². The van der Waals surface area contributed by atoms with Gasteiger partial charge in [0.1, 0.15) is 6.54 Å². The molecule has 19 heavy (non-hydrogen) atoms. The maximum atomic E-state index is 11.9. The van der Waals surface area contributed by atoms with Crippen molar-refractivity contribution in [3.8, 4) is 0 Å². The first kappa shape index (κ1) is 17.4. The number of rotatable bonds is 6. The van der Waals surface area contributed by atoms with E-state index in [4.69, 9.17) is 11.5 Å². The van der Waals surface area contributed by atoms with Crippen molar-refractivity contribution < 1.29 is 9.59 Å². The van der Waals surface area contributed by atoms with E-state index in [1.165, 1.54) is 17.1 Å². The largest absolute Gasteiger partial charge is 0.368 e. The molecule has 2 amide bonds. The van der Waals surface area contributed by atoms with Crippen LogP contribution in [0.25, 0.3) is 0 Å². The molecule has 8 heteroatoms. The van der Waals surface area contributed by atoms with Gasteiger partial charge in [0.15, 0.2) is 0 Å². The fraction of sp³-hybridized carbons (Fsp3) is 0.545. The summed E-state index contributed by atoms with van der Waals surface area (Å²) in [6, 6.07) is 0. The summed E-state index contributed by atoms with van der Waals surface area (Å²) in [5.74, 6) is -0.770. The third-order valence-corrected chi connectivity index (χ3v) is 2.50. The summed E-state index contributed by atoms with van der Waals surface area (Å²) < 4.78 is 1.35. The SMILES string of the molecule is CCCC(C)(N)C(=O)Nc1cnn(CC(N)=O)c1.Cl. The van der Waals surface area contributed by atoms with Gasteiger partial charge in [-0.25, -0.2) is 0 Å². The Kier molecular flexibility index (Phi) is 6.51. The molecule has 1 heterocycles. The number of nitrogens with one attached hydrogen (secondary N) is 1. The van der Waals surface area contributed by atoms with E-state index in [2.05, 4.69) is 10.4 Å². The van der Waals surface area contributed by atoms with Crippen LogP contribution < -0.4 is 16.8 Å². The molecule has 0 aliphatic carbocycles. The highest BCUT2D eigenvalue weighted by atomic mass is 35.5. The van der Waals surface area contributed by atoms with Crippen molar-refractivity contribution in [2.45, 2.75) is 38.8 Å². The summed E-state index contributed by atoms with van der Waals surface area (Å²) in [5.41, 5.74) is 10.5. The lowest BCUT2D eigenvalue weighted by atomic mass is 9.96. The predicted molar refractivity (Wildman–Crippen MR) is 74.8 cm³/mol. The molecule has 1 aromatic rings. The Labute approximate surface area is 118 Å². The van der Waals surface area contributed by atoms with E-state index in [9.17, 15) is 9.59 Å². The van der Waals surface area contributed by atoms with Crippen LogP contribution in [0.2, 0.25) is 0 Å². The summed E-state index contributed by atoms with van der Waals surface area (Å²) in [4.78, 5) is 22.6. The molecule has 0 aromatic carbocycles. The topological polar surface area (TPSA) is 116 Å². The van der Waals surface area contributed by atoms with E-state index in [0.29, 0.717) is 12.1 Å². The molecule has 1 unspecified atom stereocenters. The first-order chi connectivity index (χ1) is 8.35. The van der Waals surface area contributed by atoms with Gasteiger partial charge in [0.05, 0.1) is 17.4 Å². The highest BCUT2D eigenvalue weighted by Crippen LogP contribution is 2.13. The van der Waals surface area contributed by atoms with Crippen LogP contribution in [0.4, 0.5) is 5.69 Å². The van der Waals surface area contributed by atoms with Crippen LogP contribution in [0.3, 0.4) is 0 Å². The maximum Gasteiger partial charge on any atom is 0.244 e. The monoisotopic (exact) mass is 289 g/mol. The van der Waals surface area contributed by atoms with Crippen LogP contribution in [-0.4, -0.2) is 27.1 Å². The molecule has 1 atom stereocenters. The fourth-order valence-electron chi connectivity index (χ4n) is 1.58. The Morgan fingerprint density at radius 3 is 2.68 bits per heavy atom. The number of carbonyl (C=O) groups excluding carboxylic acids is 2. The Hall–Kier alpha value is -1.60. The van der Waals surface area contributed by atoms with E-state index in [0.717, 1.165) is 6.42 Å². The van der Waals surface area contributed by atoms with Crippen LogP contribution in [0.15, 0.2) is 12.4 Å². The van der Waals surface area contributed by atoms with E-state index in [1.807, 2.05) is 6.92 Å². The molecule has 0 bridgehead atoms. The number of hydrogen-bond donors (Lipinski definition) is 3. The van der Waals surface area contributed by atoms with Crippen LogP contribution in [0.5, 0.6) is 0 Å². The van der Waals surface area contributed by atoms with Crippen molar-refractivity contribution in [1.29, 1.82) is 0 Å². The van der Waals surface area contributed by atoms with Crippen molar-refractivity contribution in [1.82, 2.24) is 9.78 Å². The van der Waals surface area contributed by atoms with Crippen molar-refractivity contribution in [2.75, 3.05) is 5.32 Å². The van der Waals surface area contributed by atoms with Crippen molar-refractivity contribution in [2.24, 2.45) is 11.5 Å². The van der Waals surface area contributed by atoms with Gasteiger partial charge in [-0.1, -0.05) is 13.3 Å². The lowest BCUT2D eigenvalue weighted by Gasteiger charge is -2.22. The molecule has 0 fully saturated rings. The number of nitrogens with zero attached hydrogens (tertiary/aromatic N) is 2. The zero-order valence-corrected chi connectivity index (χ0v) is 11.9. The first-order valence-corrected chi connectivity index (χ1v) is 5.76. The van der Waals surface area contributed by atoms with Gasteiger partial charge in [0.25, 0.3) is 0 Å². The van der Waals surface area contributed by atoms with Gasteiger partial charge in [-0.05, 0) is 13.3 Å². The Morgan fingerprint density at radius 2 is 2.16 bits per heavy atom. The number of amides is 2. The molecule has 108 valence electrons. The summed E-state index contributed by atoms with van der Waals surface area (Å²) in [6.07, 6.45) is 4.39. The van der Waals surface area contributed by atoms with Gasteiger partial charge in [-0.3, -0.25) is 14.3 Å². The van der Waals surface area contributed by atoms with Gasteiger partial charge in [-0.15, -0.1) is 12.4 Å². The smallest absolute Gasteiger partial charge is 0.244 e. The van der Waals surface area contributed by atoms with Crippen molar-refractivity contribution in [3.63, 3.8) is 0 Å². The molecule has 0 aliphatic rings. The summed E-state index contributed by atoms with van der Waals surface area (Å²) in [7, 11) is 0. The minimum absolute atomic E-state index is 0. The molecule has 1 aromatic heterocycles. The standard InChI is InChI=1S/C11H19N5O2.ClH/c1-3-4-11(2,13)10(18)15-8-5-14-16(6-8)7-9(12)17;/h5-6H,3-4,7,13H2,1-2H3,(H2,12,17)(H,15,18);1H. The molecule has 0 radical (unpaired) electrons. The number of anilines is 1. The van der Waals surface area contributed by atoms with Gasteiger partial charge >= 0.3 is 0 Å². The maximum absolute atomic E-state index is 11.9. The molecular weight excluding hydrogens is 270 g/mol. The van der Waals surface area contributed by atoms with Gasteiger partial charge in [-0.2, -0.15) is 5.10 Å². The summed E-state index contributed by atoms with van der Waals surface area (Å²) in [6.45, 7) is 3.62. The first-order valence-electron chi connectivity index (χ1n) is 5.76. The number of primary amides is 1. The van der Waals surface area contributed by atoms with Crippen molar-refractivity contribution in [3.05, 3.63) is 12.4 Å². The Balaban J connectivity index is 0.00000324. The van der Waals surface area contributed by atoms with Crippen LogP contribution >= 0.6 is 12.4 Å². The van der Waals surface area contributed by atoms with Gasteiger partial charge < -0.3 is 16.8 Å². The Morgan fingerprint density at radius 1 is 1.53 bits per heavy atom. The summed E-state index contributed by atoms with van der Waals surface area (Å²) >= 11 is 0. The second-order valence-corrected chi connectivity index (χ2v) is 4.51. The third-order valence-electron chi connectivity index (χ3n) is 2.50. The lowest BCUT2D eigenvalue weighted by Crippen LogP contribution is -2.48. The summed E-state index contributed by atoms with van der Waals surface area (Å²) in [5, 5.41) is 6.56. The minimum atomic E-state index is -0.916. The highest BCUT2D eigenvalue weighted by molar-refractivity contribution is 5.97. The third kappa shape index (κ3) is 5.27. The second kappa shape index (κ2) is 7.10. The molecule has 0 saturated carbocycles. The molecule has 0 aliphatic heterocycles. The zero-order chi connectivity index (χ0) is 13.8. The minimum Gasteiger partial charge on any atom is -0.368 e. The average molecular weight is 290 g/mol. The van der Waals surface area contributed by atoms with Crippen LogP contribution in [0, 0.1) is 0 Å². The normalized spacial score (nSPS) is 13.2. The zero-order valence-electron chi connectivity index (χ0n) is 11.0. The van der Waals surface area contributed by atoms with E-state index in [-0.39, 0.29) is 24.9 Å². The predicted octanol–water partition coefficient (Wildman–Crippen LogP) is 0.246. The fourth-order valence-corrected chi connectivity index (χ4v) is 1.58. The second-order valence-electron chi connectivity index (χ2n) is 4.51.